The van der Waals surface area contributed by atoms with Gasteiger partial charge in [0.1, 0.15) is 17.5 Å². The summed E-state index contributed by atoms with van der Waals surface area (Å²) >= 11 is 0. The highest BCUT2D eigenvalue weighted by molar-refractivity contribution is 5.93. The highest BCUT2D eigenvalue weighted by Crippen LogP contribution is 2.22. The Balaban J connectivity index is 1.79. The highest BCUT2D eigenvalue weighted by atomic mass is 19.3. The molecule has 1 aromatic heterocycles. The molecule has 0 bridgehead atoms. The lowest BCUT2D eigenvalue weighted by Crippen LogP contribution is -2.33. The third kappa shape index (κ3) is 5.65. The summed E-state index contributed by atoms with van der Waals surface area (Å²) in [6, 6.07) is 14.8. The summed E-state index contributed by atoms with van der Waals surface area (Å²) in [7, 11) is 0. The molecule has 0 saturated carbocycles. The van der Waals surface area contributed by atoms with Gasteiger partial charge in [-0.3, -0.25) is 9.59 Å². The fourth-order valence-corrected chi connectivity index (χ4v) is 2.85. The molecule has 1 unspecified atom stereocenters. The average molecular weight is 429 g/mol. The van der Waals surface area contributed by atoms with Crippen molar-refractivity contribution < 1.29 is 23.0 Å². The average Bonchev–Trinajstić information content (AvgIpc) is 2.74. The third-order valence-corrected chi connectivity index (χ3v) is 4.36. The van der Waals surface area contributed by atoms with Gasteiger partial charge in [-0.2, -0.15) is 13.9 Å². The van der Waals surface area contributed by atoms with Crippen LogP contribution in [0, 0.1) is 0 Å². The maximum atomic E-state index is 12.6. The van der Waals surface area contributed by atoms with Gasteiger partial charge >= 0.3 is 6.61 Å². The van der Waals surface area contributed by atoms with Crippen LogP contribution in [0.25, 0.3) is 11.3 Å². The van der Waals surface area contributed by atoms with E-state index in [9.17, 15) is 18.4 Å². The number of benzene rings is 2. The van der Waals surface area contributed by atoms with E-state index >= 15 is 0 Å². The second-order valence-electron chi connectivity index (χ2n) is 6.53. The van der Waals surface area contributed by atoms with Gasteiger partial charge in [-0.15, -0.1) is 0 Å². The molecule has 1 amide bonds. The number of amides is 1. The van der Waals surface area contributed by atoms with Crippen molar-refractivity contribution in [2.45, 2.75) is 26.5 Å². The number of halogens is 2. The Morgan fingerprint density at radius 2 is 1.84 bits per heavy atom. The Morgan fingerprint density at radius 3 is 2.52 bits per heavy atom. The largest absolute Gasteiger partial charge is 0.494 e. The van der Waals surface area contributed by atoms with Gasteiger partial charge in [0.25, 0.3) is 5.56 Å². The molecule has 0 radical (unpaired) electrons. The monoisotopic (exact) mass is 429 g/mol. The van der Waals surface area contributed by atoms with Gasteiger partial charge in [-0.25, -0.2) is 4.68 Å². The molecular weight excluding hydrogens is 408 g/mol. The highest BCUT2D eigenvalue weighted by Gasteiger charge is 2.19. The molecular formula is C22H21F2N3O4. The molecule has 0 fully saturated rings. The predicted octanol–water partition coefficient (Wildman–Crippen LogP) is 4.11. The van der Waals surface area contributed by atoms with Crippen LogP contribution in [0.15, 0.2) is 65.5 Å². The second-order valence-corrected chi connectivity index (χ2v) is 6.53. The molecule has 162 valence electrons. The van der Waals surface area contributed by atoms with Crippen molar-refractivity contribution in [3.8, 4) is 22.8 Å². The maximum absolute atomic E-state index is 12.6. The zero-order valence-electron chi connectivity index (χ0n) is 16.9. The van der Waals surface area contributed by atoms with Crippen LogP contribution in [0.2, 0.25) is 0 Å². The number of hydrogen-bond acceptors (Lipinski definition) is 5. The van der Waals surface area contributed by atoms with E-state index in [1.807, 2.05) is 6.92 Å². The number of carbonyl (C=O) groups is 1. The van der Waals surface area contributed by atoms with Gasteiger partial charge in [-0.1, -0.05) is 6.07 Å². The van der Waals surface area contributed by atoms with Crippen molar-refractivity contribution in [2.75, 3.05) is 11.9 Å². The minimum atomic E-state index is -2.97. The summed E-state index contributed by atoms with van der Waals surface area (Å²) in [6.07, 6.45) is 0. The molecule has 1 atom stereocenters. The van der Waals surface area contributed by atoms with E-state index in [-0.39, 0.29) is 11.4 Å². The quantitative estimate of drug-likeness (QED) is 0.583. The first-order chi connectivity index (χ1) is 14.9. The standard InChI is InChI=1S/C22H21F2N3O4/c1-3-30-17-9-7-15(8-10-17)19-11-12-20(28)27(26-19)14(2)21(29)25-16-5-4-6-18(13-16)31-22(23)24/h4-14,22H,3H2,1-2H3,(H,25,29). The maximum Gasteiger partial charge on any atom is 0.387 e. The molecule has 2 aromatic carbocycles. The normalized spacial score (nSPS) is 11.8. The number of alkyl halides is 2. The van der Waals surface area contributed by atoms with Gasteiger partial charge in [0.05, 0.1) is 12.3 Å². The van der Waals surface area contributed by atoms with Crippen molar-refractivity contribution in [1.82, 2.24) is 9.78 Å². The number of aromatic nitrogens is 2. The number of hydrogen-bond donors (Lipinski definition) is 1. The number of ether oxygens (including phenoxy) is 2. The fourth-order valence-electron chi connectivity index (χ4n) is 2.85. The van der Waals surface area contributed by atoms with Crippen LogP contribution in [0.3, 0.4) is 0 Å². The van der Waals surface area contributed by atoms with Crippen LogP contribution in [-0.2, 0) is 4.79 Å². The molecule has 7 nitrogen and oxygen atoms in total. The van der Waals surface area contributed by atoms with Gasteiger partial charge in [0.15, 0.2) is 0 Å². The van der Waals surface area contributed by atoms with E-state index in [0.29, 0.717) is 18.1 Å². The first kappa shape index (κ1) is 21.9. The van der Waals surface area contributed by atoms with Crippen LogP contribution >= 0.6 is 0 Å². The first-order valence-corrected chi connectivity index (χ1v) is 9.56. The number of nitrogens with zero attached hydrogens (tertiary/aromatic N) is 2. The van der Waals surface area contributed by atoms with Gasteiger partial charge in [-0.05, 0) is 56.3 Å². The van der Waals surface area contributed by atoms with Crippen LogP contribution in [-0.4, -0.2) is 28.9 Å². The minimum Gasteiger partial charge on any atom is -0.494 e. The smallest absolute Gasteiger partial charge is 0.387 e. The zero-order valence-corrected chi connectivity index (χ0v) is 16.9. The Hall–Kier alpha value is -3.75. The van der Waals surface area contributed by atoms with Gasteiger partial charge < -0.3 is 14.8 Å². The summed E-state index contributed by atoms with van der Waals surface area (Å²) in [5.74, 6) is 0.0891. The van der Waals surface area contributed by atoms with Crippen molar-refractivity contribution in [2.24, 2.45) is 0 Å². The van der Waals surface area contributed by atoms with E-state index in [0.717, 1.165) is 10.2 Å². The Bertz CT molecular complexity index is 1100. The topological polar surface area (TPSA) is 82.5 Å². The van der Waals surface area contributed by atoms with Crippen LogP contribution in [0.5, 0.6) is 11.5 Å². The lowest BCUT2D eigenvalue weighted by atomic mass is 10.1. The first-order valence-electron chi connectivity index (χ1n) is 9.56. The number of nitrogens with one attached hydrogen (secondary N) is 1. The number of rotatable bonds is 8. The van der Waals surface area contributed by atoms with Crippen molar-refractivity contribution in [3.63, 3.8) is 0 Å². The molecule has 3 rings (SSSR count). The Morgan fingerprint density at radius 1 is 1.10 bits per heavy atom. The molecule has 0 saturated heterocycles. The van der Waals surface area contributed by atoms with Crippen LogP contribution in [0.4, 0.5) is 14.5 Å². The minimum absolute atomic E-state index is 0.0896. The summed E-state index contributed by atoms with van der Waals surface area (Å²) in [5.41, 5.74) is 1.06. The molecule has 0 aliphatic carbocycles. The predicted molar refractivity (Wildman–Crippen MR) is 112 cm³/mol. The summed E-state index contributed by atoms with van der Waals surface area (Å²) in [6.45, 7) is 0.982. The molecule has 1 heterocycles. The van der Waals surface area contributed by atoms with E-state index in [1.165, 1.54) is 37.3 Å². The number of anilines is 1. The molecule has 0 aliphatic heterocycles. The molecule has 9 heteroatoms. The molecule has 0 spiro atoms. The summed E-state index contributed by atoms with van der Waals surface area (Å²) < 4.78 is 35.6. The van der Waals surface area contributed by atoms with Crippen molar-refractivity contribution in [1.29, 1.82) is 0 Å². The lowest BCUT2D eigenvalue weighted by molar-refractivity contribution is -0.119. The van der Waals surface area contributed by atoms with Crippen molar-refractivity contribution in [3.05, 3.63) is 71.0 Å². The summed E-state index contributed by atoms with van der Waals surface area (Å²) in [5, 5.41) is 6.90. The van der Waals surface area contributed by atoms with E-state index < -0.39 is 24.1 Å². The SMILES string of the molecule is CCOc1ccc(-c2ccc(=O)n(C(C)C(=O)Nc3cccc(OC(F)F)c3)n2)cc1. The molecule has 31 heavy (non-hydrogen) atoms. The van der Waals surface area contributed by atoms with Crippen LogP contribution in [0.1, 0.15) is 19.9 Å². The van der Waals surface area contributed by atoms with E-state index in [2.05, 4.69) is 15.2 Å². The van der Waals surface area contributed by atoms with Gasteiger partial charge in [0.2, 0.25) is 5.91 Å². The van der Waals surface area contributed by atoms with Crippen molar-refractivity contribution >= 4 is 11.6 Å². The fraction of sp³-hybridized carbons (Fsp3) is 0.227. The zero-order chi connectivity index (χ0) is 22.4. The second kappa shape index (κ2) is 9.84. The lowest BCUT2D eigenvalue weighted by Gasteiger charge is -2.15. The van der Waals surface area contributed by atoms with Crippen LogP contribution < -0.4 is 20.3 Å². The Kier molecular flexibility index (Phi) is 6.96. The van der Waals surface area contributed by atoms with E-state index in [4.69, 9.17) is 4.74 Å². The number of carbonyl (C=O) groups excluding carboxylic acids is 1. The molecule has 3 aromatic rings. The molecule has 1 N–H and O–H groups in total. The molecule has 0 aliphatic rings. The van der Waals surface area contributed by atoms with Gasteiger partial charge in [0, 0.05) is 23.4 Å². The Labute approximate surface area is 177 Å². The third-order valence-electron chi connectivity index (χ3n) is 4.36. The summed E-state index contributed by atoms with van der Waals surface area (Å²) in [4.78, 5) is 25.0. The van der Waals surface area contributed by atoms with E-state index in [1.54, 1.807) is 30.3 Å².